The van der Waals surface area contributed by atoms with Gasteiger partial charge in [-0.15, -0.1) is 0 Å². The largest absolute Gasteiger partial charge is 0.308 e. The van der Waals surface area contributed by atoms with E-state index in [0.29, 0.717) is 12.1 Å². The third-order valence-corrected chi connectivity index (χ3v) is 2.96. The molecule has 0 fully saturated rings. The molecule has 0 bridgehead atoms. The van der Waals surface area contributed by atoms with Crippen LogP contribution in [-0.2, 0) is 6.54 Å². The normalized spacial score (nSPS) is 11.8. The maximum atomic E-state index is 13.5. The van der Waals surface area contributed by atoms with E-state index in [4.69, 9.17) is 11.6 Å². The van der Waals surface area contributed by atoms with Gasteiger partial charge in [0.2, 0.25) is 0 Å². The molecule has 0 heterocycles. The van der Waals surface area contributed by atoms with Crippen molar-refractivity contribution in [3.05, 3.63) is 34.6 Å². The molecule has 1 aromatic carbocycles. The number of hydrogen-bond acceptors (Lipinski definition) is 1. The highest BCUT2D eigenvalue weighted by Gasteiger charge is 2.15. The van der Waals surface area contributed by atoms with E-state index in [1.54, 1.807) is 18.2 Å². The standard InChI is InChI=1S/C12H17ClFN/c1-4-12(2,3)15-8-9-6-5-7-10(13)11(9)14/h5-7,15H,4,8H2,1-3H3. The lowest BCUT2D eigenvalue weighted by atomic mass is 10.0. The van der Waals surface area contributed by atoms with Gasteiger partial charge in [0, 0.05) is 17.6 Å². The van der Waals surface area contributed by atoms with Crippen LogP contribution in [0.3, 0.4) is 0 Å². The zero-order valence-corrected chi connectivity index (χ0v) is 10.2. The fourth-order valence-electron chi connectivity index (χ4n) is 1.14. The topological polar surface area (TPSA) is 12.0 Å². The summed E-state index contributed by atoms with van der Waals surface area (Å²) in [5.74, 6) is -0.321. The van der Waals surface area contributed by atoms with Gasteiger partial charge < -0.3 is 5.32 Å². The van der Waals surface area contributed by atoms with Crippen molar-refractivity contribution < 1.29 is 4.39 Å². The number of halogens is 2. The minimum atomic E-state index is -0.321. The molecule has 1 N–H and O–H groups in total. The molecule has 0 atom stereocenters. The molecule has 1 aromatic rings. The molecule has 0 aromatic heterocycles. The number of benzene rings is 1. The summed E-state index contributed by atoms with van der Waals surface area (Å²) in [5, 5.41) is 3.48. The Bertz CT molecular complexity index is 336. The first-order chi connectivity index (χ1) is 6.96. The number of rotatable bonds is 4. The quantitative estimate of drug-likeness (QED) is 0.829. The van der Waals surface area contributed by atoms with Crippen LogP contribution in [0, 0.1) is 5.82 Å². The van der Waals surface area contributed by atoms with Crippen LogP contribution >= 0.6 is 11.6 Å². The first-order valence-electron chi connectivity index (χ1n) is 5.14. The van der Waals surface area contributed by atoms with Crippen molar-refractivity contribution >= 4 is 11.6 Å². The van der Waals surface area contributed by atoms with Crippen LogP contribution in [0.5, 0.6) is 0 Å². The molecule has 0 spiro atoms. The second-order valence-electron chi connectivity index (χ2n) is 4.30. The molecule has 0 amide bonds. The first-order valence-corrected chi connectivity index (χ1v) is 5.52. The van der Waals surface area contributed by atoms with Crippen LogP contribution in [0.25, 0.3) is 0 Å². The fraction of sp³-hybridized carbons (Fsp3) is 0.500. The van der Waals surface area contributed by atoms with Crippen LogP contribution in [0.2, 0.25) is 5.02 Å². The van der Waals surface area contributed by atoms with Crippen molar-refractivity contribution in [3.8, 4) is 0 Å². The van der Waals surface area contributed by atoms with Crippen molar-refractivity contribution in [2.75, 3.05) is 0 Å². The van der Waals surface area contributed by atoms with Crippen molar-refractivity contribution in [1.82, 2.24) is 5.32 Å². The fourth-order valence-corrected chi connectivity index (χ4v) is 1.34. The van der Waals surface area contributed by atoms with E-state index in [9.17, 15) is 4.39 Å². The second-order valence-corrected chi connectivity index (χ2v) is 4.71. The average Bonchev–Trinajstić information content (AvgIpc) is 2.20. The Morgan fingerprint density at radius 2 is 2.07 bits per heavy atom. The minimum absolute atomic E-state index is 0.0226. The van der Waals surface area contributed by atoms with Gasteiger partial charge in [-0.1, -0.05) is 30.7 Å². The molecule has 15 heavy (non-hydrogen) atoms. The van der Waals surface area contributed by atoms with Gasteiger partial charge in [-0.05, 0) is 26.3 Å². The monoisotopic (exact) mass is 229 g/mol. The second kappa shape index (κ2) is 4.95. The Morgan fingerprint density at radius 1 is 1.40 bits per heavy atom. The van der Waals surface area contributed by atoms with E-state index in [0.717, 1.165) is 6.42 Å². The van der Waals surface area contributed by atoms with Crippen molar-refractivity contribution in [1.29, 1.82) is 0 Å². The van der Waals surface area contributed by atoms with Gasteiger partial charge in [0.15, 0.2) is 0 Å². The highest BCUT2D eigenvalue weighted by atomic mass is 35.5. The van der Waals surface area contributed by atoms with Gasteiger partial charge >= 0.3 is 0 Å². The van der Waals surface area contributed by atoms with Crippen LogP contribution in [-0.4, -0.2) is 5.54 Å². The van der Waals surface area contributed by atoms with E-state index in [2.05, 4.69) is 26.1 Å². The summed E-state index contributed by atoms with van der Waals surface area (Å²) >= 11 is 5.69. The van der Waals surface area contributed by atoms with Gasteiger partial charge in [0.25, 0.3) is 0 Å². The predicted octanol–water partition coefficient (Wildman–Crippen LogP) is 3.76. The molecule has 0 aliphatic heterocycles. The molecule has 0 aliphatic rings. The summed E-state index contributed by atoms with van der Waals surface area (Å²) in [7, 11) is 0. The van der Waals surface area contributed by atoms with Gasteiger partial charge in [-0.2, -0.15) is 0 Å². The SMILES string of the molecule is CCC(C)(C)NCc1cccc(Cl)c1F. The van der Waals surface area contributed by atoms with Crippen molar-refractivity contribution in [2.45, 2.75) is 39.3 Å². The third kappa shape index (κ3) is 3.47. The van der Waals surface area contributed by atoms with Crippen LogP contribution < -0.4 is 5.32 Å². The molecule has 0 saturated heterocycles. The van der Waals surface area contributed by atoms with E-state index in [1.807, 2.05) is 0 Å². The highest BCUT2D eigenvalue weighted by Crippen LogP contribution is 2.18. The molecule has 0 aliphatic carbocycles. The molecule has 1 nitrogen and oxygen atoms in total. The lowest BCUT2D eigenvalue weighted by Crippen LogP contribution is -2.38. The summed E-state index contributed by atoms with van der Waals surface area (Å²) in [5.41, 5.74) is 0.637. The molecule has 0 saturated carbocycles. The third-order valence-electron chi connectivity index (χ3n) is 2.67. The molecule has 0 radical (unpaired) electrons. The van der Waals surface area contributed by atoms with Crippen LogP contribution in [0.1, 0.15) is 32.8 Å². The van der Waals surface area contributed by atoms with E-state index in [1.165, 1.54) is 0 Å². The Hall–Kier alpha value is -0.600. The summed E-state index contributed by atoms with van der Waals surface area (Å²) in [6.07, 6.45) is 0.995. The maximum Gasteiger partial charge on any atom is 0.146 e. The van der Waals surface area contributed by atoms with Gasteiger partial charge in [0.05, 0.1) is 5.02 Å². The zero-order chi connectivity index (χ0) is 11.5. The molecule has 0 unspecified atom stereocenters. The number of hydrogen-bond donors (Lipinski definition) is 1. The van der Waals surface area contributed by atoms with Gasteiger partial charge in [-0.25, -0.2) is 4.39 Å². The Morgan fingerprint density at radius 3 is 2.67 bits per heavy atom. The smallest absolute Gasteiger partial charge is 0.146 e. The van der Waals surface area contributed by atoms with E-state index < -0.39 is 0 Å². The highest BCUT2D eigenvalue weighted by molar-refractivity contribution is 6.30. The van der Waals surface area contributed by atoms with Crippen molar-refractivity contribution in [3.63, 3.8) is 0 Å². The van der Waals surface area contributed by atoms with E-state index >= 15 is 0 Å². The molecular formula is C12H17ClFN. The van der Waals surface area contributed by atoms with Crippen molar-refractivity contribution in [2.24, 2.45) is 0 Å². The lowest BCUT2D eigenvalue weighted by molar-refractivity contribution is 0.371. The van der Waals surface area contributed by atoms with Gasteiger partial charge in [-0.3, -0.25) is 0 Å². The van der Waals surface area contributed by atoms with Gasteiger partial charge in [0.1, 0.15) is 5.82 Å². The summed E-state index contributed by atoms with van der Waals surface area (Å²) in [6.45, 7) is 6.79. The Kier molecular flexibility index (Phi) is 4.12. The Balaban J connectivity index is 2.70. The maximum absolute atomic E-state index is 13.5. The minimum Gasteiger partial charge on any atom is -0.308 e. The number of nitrogens with one attached hydrogen (secondary N) is 1. The zero-order valence-electron chi connectivity index (χ0n) is 9.40. The van der Waals surface area contributed by atoms with Crippen LogP contribution in [0.15, 0.2) is 18.2 Å². The molecular weight excluding hydrogens is 213 g/mol. The molecule has 84 valence electrons. The summed E-state index contributed by atoms with van der Waals surface area (Å²) in [6, 6.07) is 5.08. The summed E-state index contributed by atoms with van der Waals surface area (Å²) in [4.78, 5) is 0. The first kappa shape index (κ1) is 12.5. The lowest BCUT2D eigenvalue weighted by Gasteiger charge is -2.24. The summed E-state index contributed by atoms with van der Waals surface area (Å²) < 4.78 is 13.5. The van der Waals surface area contributed by atoms with Crippen LogP contribution in [0.4, 0.5) is 4.39 Å². The molecule has 3 heteroatoms. The molecule has 1 rings (SSSR count). The van der Waals surface area contributed by atoms with E-state index in [-0.39, 0.29) is 16.4 Å². The Labute approximate surface area is 95.6 Å². The average molecular weight is 230 g/mol. The predicted molar refractivity (Wildman–Crippen MR) is 62.6 cm³/mol.